The molecule has 2 rings (SSSR count). The predicted octanol–water partition coefficient (Wildman–Crippen LogP) is -3.15. The fourth-order valence-corrected chi connectivity index (χ4v) is 5.31. The van der Waals surface area contributed by atoms with E-state index >= 15 is 0 Å². The molecule has 0 bridgehead atoms. The van der Waals surface area contributed by atoms with Gasteiger partial charge in [0.15, 0.2) is 5.96 Å². The number of aliphatic carboxylic acids is 2. The van der Waals surface area contributed by atoms with E-state index < -0.39 is 90.8 Å². The van der Waals surface area contributed by atoms with Crippen LogP contribution in [0.2, 0.25) is 0 Å². The molecule has 20 nitrogen and oxygen atoms in total. The van der Waals surface area contributed by atoms with Crippen LogP contribution < -0.4 is 43.8 Å². The van der Waals surface area contributed by atoms with Crippen molar-refractivity contribution in [3.63, 3.8) is 0 Å². The standard InChI is InChI=1S/C35H49N9O11S/c36-22(12-13-28(47)48)29(49)40-23(7-4-14-39-35(37)38)30(50)43-26(17-45)33(53)42-25(16-20-8-10-21(46)11-9-20)31(51)41-24(15-19-5-2-1-3-6-19)32(52)44-27(18-56)34(54)55/h1-3,5-6,8-11,22-27,45-46,56H,4,7,12-18,36H2,(H,40,49)(H,41,51)(H,42,53)(H,43,50)(H,44,52)(H,47,48)(H,54,55)(H4,37,38,39)/t22-,23-,24-,25-,26-,27-/m0/s1. The summed E-state index contributed by atoms with van der Waals surface area (Å²) in [7, 11) is 0. The van der Waals surface area contributed by atoms with E-state index in [2.05, 4.69) is 44.2 Å². The first-order valence-electron chi connectivity index (χ1n) is 17.4. The quantitative estimate of drug-likeness (QED) is 0.0216. The lowest BCUT2D eigenvalue weighted by Gasteiger charge is -2.27. The molecule has 6 atom stereocenters. The summed E-state index contributed by atoms with van der Waals surface area (Å²) >= 11 is 3.97. The van der Waals surface area contributed by atoms with Crippen molar-refractivity contribution in [2.24, 2.45) is 22.2 Å². The number of benzene rings is 2. The number of aliphatic imine (C=N–C) groups is 1. The van der Waals surface area contributed by atoms with Crippen molar-refractivity contribution in [1.82, 2.24) is 26.6 Å². The van der Waals surface area contributed by atoms with Gasteiger partial charge in [-0.3, -0.25) is 33.8 Å². The zero-order valence-electron chi connectivity index (χ0n) is 30.3. The summed E-state index contributed by atoms with van der Waals surface area (Å²) < 4.78 is 0. The topological polar surface area (TPSA) is 351 Å². The van der Waals surface area contributed by atoms with Crippen LogP contribution in [-0.2, 0) is 46.4 Å². The second-order valence-electron chi connectivity index (χ2n) is 12.6. The number of carbonyl (C=O) groups excluding carboxylic acids is 5. The highest BCUT2D eigenvalue weighted by Gasteiger charge is 2.33. The van der Waals surface area contributed by atoms with E-state index in [4.69, 9.17) is 22.3 Å². The van der Waals surface area contributed by atoms with E-state index in [0.29, 0.717) is 11.1 Å². The average molecular weight is 804 g/mol. The molecule has 5 amide bonds. The smallest absolute Gasteiger partial charge is 0.327 e. The van der Waals surface area contributed by atoms with Crippen LogP contribution in [-0.4, -0.2) is 123 Å². The van der Waals surface area contributed by atoms with Crippen molar-refractivity contribution in [3.05, 3.63) is 65.7 Å². The van der Waals surface area contributed by atoms with E-state index in [1.165, 1.54) is 24.3 Å². The SMILES string of the molecule is NC(N)=NCCC[C@H](NC(=O)[C@@H](N)CCC(=O)O)C(=O)N[C@@H](CO)C(=O)N[C@@H](Cc1ccc(O)cc1)C(=O)N[C@@H](Cc1ccccc1)C(=O)N[C@@H](CS)C(=O)O. The molecular formula is C35H49N9O11S. The van der Waals surface area contributed by atoms with Crippen molar-refractivity contribution in [3.8, 4) is 5.75 Å². The highest BCUT2D eigenvalue weighted by Crippen LogP contribution is 2.13. The number of carboxylic acid groups (broad SMARTS) is 2. The number of aliphatic hydroxyl groups excluding tert-OH is 1. The molecule has 0 spiro atoms. The number of hydrogen-bond acceptors (Lipinski definition) is 12. The molecule has 2 aromatic rings. The third-order valence-corrected chi connectivity index (χ3v) is 8.49. The number of nitrogens with two attached hydrogens (primary N) is 3. The van der Waals surface area contributed by atoms with Gasteiger partial charge in [-0.05, 0) is 42.5 Å². The summed E-state index contributed by atoms with van der Waals surface area (Å²) in [5.41, 5.74) is 17.6. The average Bonchev–Trinajstić information content (AvgIpc) is 3.16. The van der Waals surface area contributed by atoms with Crippen LogP contribution in [0.1, 0.15) is 36.8 Å². The number of phenolic OH excluding ortho intramolecular Hbond substituents is 1. The number of carbonyl (C=O) groups is 7. The van der Waals surface area contributed by atoms with E-state index in [9.17, 15) is 48.9 Å². The van der Waals surface area contributed by atoms with Gasteiger partial charge in [0, 0.05) is 31.6 Å². The van der Waals surface area contributed by atoms with Gasteiger partial charge < -0.3 is 64.2 Å². The van der Waals surface area contributed by atoms with E-state index in [1.807, 2.05) is 0 Å². The Morgan fingerprint density at radius 1 is 0.661 bits per heavy atom. The highest BCUT2D eigenvalue weighted by molar-refractivity contribution is 7.80. The molecule has 0 fully saturated rings. The highest BCUT2D eigenvalue weighted by atomic mass is 32.1. The number of rotatable bonds is 24. The van der Waals surface area contributed by atoms with Gasteiger partial charge in [0.05, 0.1) is 12.6 Å². The fourth-order valence-electron chi connectivity index (χ4n) is 5.07. The van der Waals surface area contributed by atoms with Gasteiger partial charge >= 0.3 is 11.9 Å². The lowest BCUT2D eigenvalue weighted by molar-refractivity contribution is -0.141. The summed E-state index contributed by atoms with van der Waals surface area (Å²) in [6.07, 6.45) is -0.869. The molecule has 2 aromatic carbocycles. The molecule has 56 heavy (non-hydrogen) atoms. The second kappa shape index (κ2) is 23.8. The number of guanidine groups is 1. The maximum atomic E-state index is 13.9. The monoisotopic (exact) mass is 803 g/mol. The van der Waals surface area contributed by atoms with Crippen molar-refractivity contribution in [2.75, 3.05) is 18.9 Å². The molecule has 0 heterocycles. The first kappa shape index (κ1) is 46.2. The minimum atomic E-state index is -1.69. The zero-order chi connectivity index (χ0) is 41.8. The minimum Gasteiger partial charge on any atom is -0.508 e. The predicted molar refractivity (Wildman–Crippen MR) is 205 cm³/mol. The Hall–Kier alpha value is -5.93. The Bertz CT molecular complexity index is 1680. The Balaban J connectivity index is 2.36. The van der Waals surface area contributed by atoms with Crippen LogP contribution in [0.5, 0.6) is 5.75 Å². The molecule has 0 aliphatic heterocycles. The van der Waals surface area contributed by atoms with Crippen LogP contribution in [0.15, 0.2) is 59.6 Å². The van der Waals surface area contributed by atoms with E-state index in [-0.39, 0.29) is 56.1 Å². The van der Waals surface area contributed by atoms with Gasteiger partial charge in [0.2, 0.25) is 29.5 Å². The Morgan fingerprint density at radius 2 is 1.14 bits per heavy atom. The molecule has 0 saturated carbocycles. The summed E-state index contributed by atoms with van der Waals surface area (Å²) in [5.74, 6) is -7.70. The number of amides is 5. The molecule has 0 aliphatic rings. The van der Waals surface area contributed by atoms with E-state index in [1.54, 1.807) is 30.3 Å². The van der Waals surface area contributed by atoms with Gasteiger partial charge in [0.1, 0.15) is 36.0 Å². The molecule has 0 unspecified atom stereocenters. The van der Waals surface area contributed by atoms with Gasteiger partial charge in [-0.1, -0.05) is 42.5 Å². The van der Waals surface area contributed by atoms with Crippen molar-refractivity contribution < 1.29 is 54.0 Å². The molecule has 0 aromatic heterocycles. The Labute approximate surface area is 327 Å². The van der Waals surface area contributed by atoms with Crippen LogP contribution in [0.25, 0.3) is 0 Å². The number of nitrogens with one attached hydrogen (secondary N) is 5. The van der Waals surface area contributed by atoms with Crippen LogP contribution in [0.3, 0.4) is 0 Å². The third kappa shape index (κ3) is 16.6. The lowest BCUT2D eigenvalue weighted by atomic mass is 10.0. The third-order valence-electron chi connectivity index (χ3n) is 8.12. The van der Waals surface area contributed by atoms with Crippen molar-refractivity contribution in [2.45, 2.75) is 74.8 Å². The van der Waals surface area contributed by atoms with Crippen molar-refractivity contribution >= 4 is 60.1 Å². The lowest BCUT2D eigenvalue weighted by Crippen LogP contribution is -2.60. The second-order valence-corrected chi connectivity index (χ2v) is 12.9. The summed E-state index contributed by atoms with van der Waals surface area (Å²) in [4.78, 5) is 93.4. The number of phenols is 1. The number of thiol groups is 1. The Kier molecular flexibility index (Phi) is 19.6. The molecule has 15 N–H and O–H groups in total. The molecule has 0 saturated heterocycles. The zero-order valence-corrected chi connectivity index (χ0v) is 31.2. The number of hydrogen-bond donors (Lipinski definition) is 13. The molecule has 21 heteroatoms. The summed E-state index contributed by atoms with van der Waals surface area (Å²) in [6.45, 7) is -0.919. The van der Waals surface area contributed by atoms with Gasteiger partial charge in [0.25, 0.3) is 0 Å². The molecule has 0 radical (unpaired) electrons. The first-order valence-corrected chi connectivity index (χ1v) is 18.0. The number of carboxylic acids is 2. The maximum absolute atomic E-state index is 13.9. The van der Waals surface area contributed by atoms with Crippen molar-refractivity contribution in [1.29, 1.82) is 0 Å². The van der Waals surface area contributed by atoms with E-state index in [0.717, 1.165) is 0 Å². The maximum Gasteiger partial charge on any atom is 0.327 e. The fraction of sp³-hybridized carbons (Fsp3) is 0.429. The number of nitrogens with zero attached hydrogens (tertiary/aromatic N) is 1. The molecular weight excluding hydrogens is 755 g/mol. The normalized spacial score (nSPS) is 14.0. The Morgan fingerprint density at radius 3 is 1.64 bits per heavy atom. The van der Waals surface area contributed by atoms with Gasteiger partial charge in [-0.25, -0.2) is 4.79 Å². The van der Waals surface area contributed by atoms with Crippen LogP contribution >= 0.6 is 12.6 Å². The van der Waals surface area contributed by atoms with Gasteiger partial charge in [-0.15, -0.1) is 0 Å². The van der Waals surface area contributed by atoms with Crippen LogP contribution in [0.4, 0.5) is 0 Å². The first-order chi connectivity index (χ1) is 26.5. The van der Waals surface area contributed by atoms with Gasteiger partial charge in [-0.2, -0.15) is 12.6 Å². The molecule has 0 aliphatic carbocycles. The number of aliphatic hydroxyl groups is 1. The summed E-state index contributed by atoms with van der Waals surface area (Å²) in [5, 5.41) is 50.5. The largest absolute Gasteiger partial charge is 0.508 e. The molecule has 306 valence electrons. The minimum absolute atomic E-state index is 0.0555. The number of aromatic hydroxyl groups is 1. The van der Waals surface area contributed by atoms with Crippen LogP contribution in [0, 0.1) is 0 Å². The summed E-state index contributed by atoms with van der Waals surface area (Å²) in [6, 6.07) is 5.60.